The number of thioether (sulfide) groups is 1. The van der Waals surface area contributed by atoms with E-state index in [1.807, 2.05) is 35.2 Å². The van der Waals surface area contributed by atoms with Gasteiger partial charge in [0.15, 0.2) is 0 Å². The fourth-order valence-electron chi connectivity index (χ4n) is 3.94. The number of nitrogens with one attached hydrogen (secondary N) is 1. The molecule has 29 heavy (non-hydrogen) atoms. The lowest BCUT2D eigenvalue weighted by atomic mass is 10.0. The minimum atomic E-state index is -0.674. The van der Waals surface area contributed by atoms with Crippen LogP contribution in [0.4, 0.5) is 4.39 Å². The molecule has 0 unspecified atom stereocenters. The van der Waals surface area contributed by atoms with E-state index < -0.39 is 6.04 Å². The lowest BCUT2D eigenvalue weighted by Crippen LogP contribution is -3.12. The summed E-state index contributed by atoms with van der Waals surface area (Å²) in [6.07, 6.45) is 0. The molecule has 2 aliphatic heterocycles. The molecule has 152 valence electrons. The molecule has 2 aromatic carbocycles. The monoisotopic (exact) mass is 414 g/mol. The number of quaternary nitrogens is 1. The summed E-state index contributed by atoms with van der Waals surface area (Å²) >= 11 is 1.48. The molecule has 2 aliphatic rings. The van der Waals surface area contributed by atoms with Crippen molar-refractivity contribution in [3.05, 3.63) is 71.5 Å². The summed E-state index contributed by atoms with van der Waals surface area (Å²) in [5.74, 6) is -0.103. The smallest absolute Gasteiger partial charge is 0.250 e. The van der Waals surface area contributed by atoms with Gasteiger partial charge in [0.05, 0.1) is 39.0 Å². The summed E-state index contributed by atoms with van der Waals surface area (Å²) < 4.78 is 13.4. The molecule has 2 fully saturated rings. The third-order valence-corrected chi connectivity index (χ3v) is 6.85. The van der Waals surface area contributed by atoms with E-state index in [9.17, 15) is 14.0 Å². The number of carbonyl (C=O) groups excluding carboxylic acids is 2. The van der Waals surface area contributed by atoms with Gasteiger partial charge in [0.25, 0.3) is 0 Å². The number of amides is 2. The summed E-state index contributed by atoms with van der Waals surface area (Å²) in [5, 5.41) is -0.310. The zero-order valence-electron chi connectivity index (χ0n) is 16.4. The Bertz CT molecular complexity index is 869. The third-order valence-electron chi connectivity index (χ3n) is 5.62. The summed E-state index contributed by atoms with van der Waals surface area (Å²) in [6, 6.07) is 15.0. The van der Waals surface area contributed by atoms with Crippen LogP contribution in [0.5, 0.6) is 0 Å². The summed E-state index contributed by atoms with van der Waals surface area (Å²) in [6.45, 7) is 3.17. The van der Waals surface area contributed by atoms with Gasteiger partial charge in [0, 0.05) is 0 Å². The highest BCUT2D eigenvalue weighted by molar-refractivity contribution is 8.00. The predicted molar refractivity (Wildman–Crippen MR) is 111 cm³/mol. The van der Waals surface area contributed by atoms with Crippen molar-refractivity contribution in [1.82, 2.24) is 9.80 Å². The first-order valence-corrected chi connectivity index (χ1v) is 10.9. The molecule has 0 spiro atoms. The van der Waals surface area contributed by atoms with Crippen LogP contribution in [0.3, 0.4) is 0 Å². The second kappa shape index (κ2) is 8.55. The number of rotatable bonds is 4. The van der Waals surface area contributed by atoms with Crippen LogP contribution in [0, 0.1) is 5.82 Å². The molecule has 0 saturated carbocycles. The van der Waals surface area contributed by atoms with Crippen LogP contribution in [0.1, 0.15) is 22.5 Å². The molecule has 2 aromatic rings. The number of nitrogens with zero attached hydrogens (tertiary/aromatic N) is 2. The van der Waals surface area contributed by atoms with Gasteiger partial charge in [-0.25, -0.2) is 4.39 Å². The highest BCUT2D eigenvalue weighted by atomic mass is 32.2. The Morgan fingerprint density at radius 1 is 1.10 bits per heavy atom. The first kappa shape index (κ1) is 19.9. The van der Waals surface area contributed by atoms with E-state index in [1.54, 1.807) is 17.0 Å². The second-order valence-corrected chi connectivity index (χ2v) is 8.68. The molecule has 0 radical (unpaired) electrons. The summed E-state index contributed by atoms with van der Waals surface area (Å²) in [4.78, 5) is 31.5. The number of piperazine rings is 1. The number of likely N-dealkylation sites (N-methyl/N-ethyl adjacent to an activating group) is 1. The molecule has 4 rings (SSSR count). The van der Waals surface area contributed by atoms with Crippen LogP contribution < -0.4 is 4.90 Å². The van der Waals surface area contributed by atoms with Gasteiger partial charge in [-0.2, -0.15) is 0 Å². The van der Waals surface area contributed by atoms with Crippen molar-refractivity contribution < 1.29 is 18.9 Å². The molecule has 2 heterocycles. The molecule has 5 nitrogen and oxygen atoms in total. The van der Waals surface area contributed by atoms with E-state index in [2.05, 4.69) is 7.05 Å². The number of halogens is 1. The van der Waals surface area contributed by atoms with Gasteiger partial charge in [-0.3, -0.25) is 9.59 Å². The first-order chi connectivity index (χ1) is 14.0. The molecule has 2 amide bonds. The molecule has 0 aliphatic carbocycles. The van der Waals surface area contributed by atoms with Gasteiger partial charge in [0.2, 0.25) is 11.8 Å². The van der Waals surface area contributed by atoms with E-state index in [4.69, 9.17) is 0 Å². The second-order valence-electron chi connectivity index (χ2n) is 7.61. The van der Waals surface area contributed by atoms with E-state index in [0.29, 0.717) is 18.8 Å². The van der Waals surface area contributed by atoms with Crippen molar-refractivity contribution in [3.8, 4) is 0 Å². The minimum absolute atomic E-state index is 0.0355. The Morgan fingerprint density at radius 2 is 1.76 bits per heavy atom. The highest BCUT2D eigenvalue weighted by Crippen LogP contribution is 2.44. The molecule has 2 saturated heterocycles. The SMILES string of the molecule is C[NH+]1CCN(C(=O)[C@@H](c2ccccc2)N2C(=O)CS[C@@H]2c2ccc(F)cc2)CC1. The molecular formula is C22H25FN3O2S+. The Labute approximate surface area is 174 Å². The van der Waals surface area contributed by atoms with Crippen molar-refractivity contribution in [2.75, 3.05) is 39.0 Å². The van der Waals surface area contributed by atoms with E-state index in [0.717, 1.165) is 24.2 Å². The van der Waals surface area contributed by atoms with Crippen LogP contribution in [-0.4, -0.2) is 60.6 Å². The molecule has 0 aromatic heterocycles. The summed E-state index contributed by atoms with van der Waals surface area (Å²) in [5.41, 5.74) is 1.64. The van der Waals surface area contributed by atoms with Crippen molar-refractivity contribution in [2.24, 2.45) is 0 Å². The largest absolute Gasteiger partial charge is 0.334 e. The van der Waals surface area contributed by atoms with Gasteiger partial charge >= 0.3 is 0 Å². The van der Waals surface area contributed by atoms with Crippen molar-refractivity contribution in [1.29, 1.82) is 0 Å². The Kier molecular flexibility index (Phi) is 5.87. The average Bonchev–Trinajstić information content (AvgIpc) is 3.11. The third kappa shape index (κ3) is 4.16. The van der Waals surface area contributed by atoms with Crippen molar-refractivity contribution in [3.63, 3.8) is 0 Å². The van der Waals surface area contributed by atoms with E-state index in [1.165, 1.54) is 28.8 Å². The van der Waals surface area contributed by atoms with Gasteiger partial charge < -0.3 is 14.7 Å². The van der Waals surface area contributed by atoms with Crippen molar-refractivity contribution in [2.45, 2.75) is 11.4 Å². The topological polar surface area (TPSA) is 45.1 Å². The fourth-order valence-corrected chi connectivity index (χ4v) is 5.14. The van der Waals surface area contributed by atoms with Gasteiger partial charge in [-0.15, -0.1) is 11.8 Å². The zero-order valence-corrected chi connectivity index (χ0v) is 17.2. The lowest BCUT2D eigenvalue weighted by Gasteiger charge is -2.37. The average molecular weight is 415 g/mol. The van der Waals surface area contributed by atoms with E-state index in [-0.39, 0.29) is 23.0 Å². The van der Waals surface area contributed by atoms with E-state index >= 15 is 0 Å². The normalized spacial score (nSPS) is 21.4. The molecule has 7 heteroatoms. The standard InChI is InChI=1S/C22H24FN3O2S/c1-24-11-13-25(14-12-24)21(28)20(16-5-3-2-4-6-16)26-19(27)15-29-22(26)17-7-9-18(23)10-8-17/h2-10,20,22H,11-15H2,1H3/p+1/t20-,22-/m1/s1. The maximum Gasteiger partial charge on any atom is 0.250 e. The summed E-state index contributed by atoms with van der Waals surface area (Å²) in [7, 11) is 2.13. The first-order valence-electron chi connectivity index (χ1n) is 9.88. The number of carbonyl (C=O) groups is 2. The molecular weight excluding hydrogens is 389 g/mol. The predicted octanol–water partition coefficient (Wildman–Crippen LogP) is 1.50. The lowest BCUT2D eigenvalue weighted by molar-refractivity contribution is -0.883. The van der Waals surface area contributed by atoms with Gasteiger partial charge in [-0.1, -0.05) is 42.5 Å². The zero-order chi connectivity index (χ0) is 20.4. The van der Waals surface area contributed by atoms with Crippen LogP contribution in [-0.2, 0) is 9.59 Å². The van der Waals surface area contributed by atoms with Gasteiger partial charge in [-0.05, 0) is 23.3 Å². The minimum Gasteiger partial charge on any atom is -0.334 e. The molecule has 2 atom stereocenters. The van der Waals surface area contributed by atoms with Crippen LogP contribution in [0.25, 0.3) is 0 Å². The Morgan fingerprint density at radius 3 is 2.41 bits per heavy atom. The maximum absolute atomic E-state index is 13.6. The number of benzene rings is 2. The highest BCUT2D eigenvalue weighted by Gasteiger charge is 2.43. The number of hydrogen-bond donors (Lipinski definition) is 1. The Hall–Kier alpha value is -2.38. The van der Waals surface area contributed by atoms with Crippen molar-refractivity contribution >= 4 is 23.6 Å². The van der Waals surface area contributed by atoms with Gasteiger partial charge in [0.1, 0.15) is 17.2 Å². The van der Waals surface area contributed by atoms with Crippen LogP contribution >= 0.6 is 11.8 Å². The molecule has 0 bridgehead atoms. The maximum atomic E-state index is 13.6. The molecule has 1 N–H and O–H groups in total. The number of hydrogen-bond acceptors (Lipinski definition) is 3. The quantitative estimate of drug-likeness (QED) is 0.825. The van der Waals surface area contributed by atoms with Crippen LogP contribution in [0.2, 0.25) is 0 Å². The Balaban J connectivity index is 1.70. The van der Waals surface area contributed by atoms with Crippen LogP contribution in [0.15, 0.2) is 54.6 Å². The fraction of sp³-hybridized carbons (Fsp3) is 0.364.